The van der Waals surface area contributed by atoms with Crippen LogP contribution in [0.25, 0.3) is 0 Å². The molecule has 9 nitrogen and oxygen atoms in total. The lowest BCUT2D eigenvalue weighted by Crippen LogP contribution is -2.35. The summed E-state index contributed by atoms with van der Waals surface area (Å²) in [6.07, 6.45) is -3.15. The summed E-state index contributed by atoms with van der Waals surface area (Å²) < 4.78 is 24.5. The summed E-state index contributed by atoms with van der Waals surface area (Å²) in [6.45, 7) is -0.00696. The lowest BCUT2D eigenvalue weighted by atomic mass is 10.1. The van der Waals surface area contributed by atoms with Crippen molar-refractivity contribution in [2.75, 3.05) is 37.0 Å². The molecule has 0 saturated carbocycles. The summed E-state index contributed by atoms with van der Waals surface area (Å²) in [5.41, 5.74) is 0.791. The smallest absolute Gasteiger partial charge is 0.414 e. The predicted octanol–water partition coefficient (Wildman–Crippen LogP) is 1.85. The minimum Gasteiger partial charge on any atom is -0.465 e. The van der Waals surface area contributed by atoms with E-state index in [2.05, 4.69) is 0 Å². The standard InChI is InChI=1S/C15H16FN3O6/c1-17(13(20)21)5-10-6-19(15(23)25-10)9-3-8-7-24-14(22)18(2)12(8)11(16)4-9/h3-4,10H,5-7H2,1-2H3,(H,20,21)/t10-/m0/s1. The zero-order valence-corrected chi connectivity index (χ0v) is 13.6. The highest BCUT2D eigenvalue weighted by atomic mass is 19.1. The lowest BCUT2D eigenvalue weighted by Gasteiger charge is -2.27. The second-order valence-electron chi connectivity index (χ2n) is 5.83. The van der Waals surface area contributed by atoms with Gasteiger partial charge in [0.25, 0.3) is 0 Å². The van der Waals surface area contributed by atoms with E-state index >= 15 is 0 Å². The molecule has 1 aromatic carbocycles. The van der Waals surface area contributed by atoms with Crippen molar-refractivity contribution in [3.8, 4) is 0 Å². The largest absolute Gasteiger partial charge is 0.465 e. The van der Waals surface area contributed by atoms with Gasteiger partial charge in [-0.3, -0.25) is 9.80 Å². The maximum atomic E-state index is 14.4. The molecule has 1 N–H and O–H groups in total. The first kappa shape index (κ1) is 16.8. The number of likely N-dealkylation sites (N-methyl/N-ethyl adjacent to an activating group) is 1. The van der Waals surface area contributed by atoms with Crippen LogP contribution in [0.3, 0.4) is 0 Å². The van der Waals surface area contributed by atoms with Gasteiger partial charge in [0, 0.05) is 19.7 Å². The highest BCUT2D eigenvalue weighted by Gasteiger charge is 2.35. The molecular weight excluding hydrogens is 337 g/mol. The maximum absolute atomic E-state index is 14.4. The van der Waals surface area contributed by atoms with Crippen molar-refractivity contribution >= 4 is 29.7 Å². The molecule has 2 aliphatic rings. The van der Waals surface area contributed by atoms with Gasteiger partial charge >= 0.3 is 18.3 Å². The fourth-order valence-electron chi connectivity index (χ4n) is 2.82. The number of carboxylic acid groups (broad SMARTS) is 1. The van der Waals surface area contributed by atoms with E-state index in [9.17, 15) is 18.8 Å². The fraction of sp³-hybridized carbons (Fsp3) is 0.400. The van der Waals surface area contributed by atoms with E-state index in [0.29, 0.717) is 5.56 Å². The van der Waals surface area contributed by atoms with E-state index < -0.39 is 30.2 Å². The van der Waals surface area contributed by atoms with Gasteiger partial charge in [0.05, 0.1) is 24.5 Å². The Morgan fingerprint density at radius 1 is 1.40 bits per heavy atom. The Hall–Kier alpha value is -3.04. The van der Waals surface area contributed by atoms with Crippen LogP contribution in [-0.2, 0) is 16.1 Å². The summed E-state index contributed by atoms with van der Waals surface area (Å²) in [4.78, 5) is 37.7. The van der Waals surface area contributed by atoms with Crippen molar-refractivity contribution in [1.29, 1.82) is 0 Å². The minimum absolute atomic E-state index is 0.00530. The Morgan fingerprint density at radius 2 is 2.12 bits per heavy atom. The molecule has 0 radical (unpaired) electrons. The van der Waals surface area contributed by atoms with Crippen LogP contribution in [0.1, 0.15) is 5.56 Å². The Labute approximate surface area is 142 Å². The zero-order chi connectivity index (χ0) is 18.3. The molecule has 3 amide bonds. The van der Waals surface area contributed by atoms with E-state index in [1.165, 1.54) is 19.0 Å². The molecule has 1 atom stereocenters. The molecule has 0 aliphatic carbocycles. The Kier molecular flexibility index (Phi) is 4.11. The predicted molar refractivity (Wildman–Crippen MR) is 83.3 cm³/mol. The summed E-state index contributed by atoms with van der Waals surface area (Å²) in [5.74, 6) is -0.662. The third-order valence-corrected chi connectivity index (χ3v) is 4.08. The zero-order valence-electron chi connectivity index (χ0n) is 13.6. The minimum atomic E-state index is -1.14. The van der Waals surface area contributed by atoms with E-state index in [-0.39, 0.29) is 31.1 Å². The van der Waals surface area contributed by atoms with Crippen LogP contribution in [0, 0.1) is 5.82 Å². The summed E-state index contributed by atoms with van der Waals surface area (Å²) in [6, 6.07) is 2.68. The van der Waals surface area contributed by atoms with Crippen molar-refractivity contribution in [1.82, 2.24) is 4.90 Å². The summed E-state index contributed by atoms with van der Waals surface area (Å²) in [7, 11) is 2.76. The number of benzene rings is 1. The maximum Gasteiger partial charge on any atom is 0.414 e. The number of halogens is 1. The van der Waals surface area contributed by atoms with E-state index in [1.54, 1.807) is 6.07 Å². The second kappa shape index (κ2) is 6.11. The van der Waals surface area contributed by atoms with Crippen LogP contribution >= 0.6 is 0 Å². The van der Waals surface area contributed by atoms with Crippen molar-refractivity contribution in [3.63, 3.8) is 0 Å². The number of hydrogen-bond acceptors (Lipinski definition) is 5. The normalized spacial score (nSPS) is 19.4. The average molecular weight is 353 g/mol. The summed E-state index contributed by atoms with van der Waals surface area (Å²) in [5, 5.41) is 8.88. The number of rotatable bonds is 3. The van der Waals surface area contributed by atoms with Crippen molar-refractivity contribution in [3.05, 3.63) is 23.5 Å². The summed E-state index contributed by atoms with van der Waals surface area (Å²) >= 11 is 0. The van der Waals surface area contributed by atoms with Gasteiger partial charge in [-0.1, -0.05) is 0 Å². The van der Waals surface area contributed by atoms with Crippen molar-refractivity contribution < 1.29 is 33.4 Å². The third kappa shape index (κ3) is 3.02. The molecule has 0 bridgehead atoms. The number of amides is 3. The molecule has 10 heteroatoms. The molecular formula is C15H16FN3O6. The number of hydrogen-bond donors (Lipinski definition) is 1. The van der Waals surface area contributed by atoms with Gasteiger partial charge in [0.15, 0.2) is 0 Å². The van der Waals surface area contributed by atoms with Gasteiger partial charge in [-0.15, -0.1) is 0 Å². The number of ether oxygens (including phenoxy) is 2. The Balaban J connectivity index is 1.83. The molecule has 3 rings (SSSR count). The number of cyclic esters (lactones) is 2. The van der Waals surface area contributed by atoms with Gasteiger partial charge in [-0.05, 0) is 12.1 Å². The van der Waals surface area contributed by atoms with Crippen LogP contribution in [0.4, 0.5) is 30.1 Å². The van der Waals surface area contributed by atoms with Gasteiger partial charge in [-0.2, -0.15) is 0 Å². The van der Waals surface area contributed by atoms with Crippen LogP contribution in [0.2, 0.25) is 0 Å². The molecule has 2 aliphatic heterocycles. The molecule has 1 fully saturated rings. The van der Waals surface area contributed by atoms with Gasteiger partial charge < -0.3 is 19.5 Å². The van der Waals surface area contributed by atoms with Gasteiger partial charge in [-0.25, -0.2) is 18.8 Å². The number of nitrogens with zero attached hydrogens (tertiary/aromatic N) is 3. The molecule has 0 spiro atoms. The first-order chi connectivity index (χ1) is 11.8. The van der Waals surface area contributed by atoms with Gasteiger partial charge in [0.1, 0.15) is 18.5 Å². The Morgan fingerprint density at radius 3 is 2.80 bits per heavy atom. The quantitative estimate of drug-likeness (QED) is 0.890. The number of carbonyl (C=O) groups excluding carboxylic acids is 2. The fourth-order valence-corrected chi connectivity index (χ4v) is 2.82. The molecule has 134 valence electrons. The molecule has 0 unspecified atom stereocenters. The average Bonchev–Trinajstić information content (AvgIpc) is 2.90. The number of anilines is 2. The number of fused-ring (bicyclic) bond motifs is 1. The first-order valence-corrected chi connectivity index (χ1v) is 7.43. The van der Waals surface area contributed by atoms with Crippen molar-refractivity contribution in [2.24, 2.45) is 0 Å². The van der Waals surface area contributed by atoms with Gasteiger partial charge in [0.2, 0.25) is 0 Å². The third-order valence-electron chi connectivity index (χ3n) is 4.08. The van der Waals surface area contributed by atoms with Crippen LogP contribution in [-0.4, -0.2) is 61.6 Å². The molecule has 0 aromatic heterocycles. The lowest BCUT2D eigenvalue weighted by molar-refractivity contribution is 0.106. The van der Waals surface area contributed by atoms with E-state index in [0.717, 1.165) is 15.9 Å². The second-order valence-corrected chi connectivity index (χ2v) is 5.83. The molecule has 1 aromatic rings. The first-order valence-electron chi connectivity index (χ1n) is 7.43. The highest BCUT2D eigenvalue weighted by Crippen LogP contribution is 2.34. The topological polar surface area (TPSA) is 99.6 Å². The monoisotopic (exact) mass is 353 g/mol. The van der Waals surface area contributed by atoms with E-state index in [4.69, 9.17) is 14.6 Å². The number of carbonyl (C=O) groups is 3. The van der Waals surface area contributed by atoms with E-state index in [1.807, 2.05) is 0 Å². The van der Waals surface area contributed by atoms with Crippen LogP contribution in [0.5, 0.6) is 0 Å². The Bertz CT molecular complexity index is 755. The van der Waals surface area contributed by atoms with Crippen molar-refractivity contribution in [2.45, 2.75) is 12.7 Å². The highest BCUT2D eigenvalue weighted by molar-refractivity contribution is 5.93. The molecule has 2 heterocycles. The SMILES string of the molecule is CN(C[C@H]1CN(c2cc(F)c3c(c2)COC(=O)N3C)C(=O)O1)C(=O)O. The molecule has 25 heavy (non-hydrogen) atoms. The molecule has 1 saturated heterocycles. The van der Waals surface area contributed by atoms with Crippen LogP contribution < -0.4 is 9.80 Å². The van der Waals surface area contributed by atoms with Crippen LogP contribution in [0.15, 0.2) is 12.1 Å².